The molecule has 0 bridgehead atoms. The van der Waals surface area contributed by atoms with E-state index in [1.165, 1.54) is 0 Å². The molecule has 0 aliphatic rings. The summed E-state index contributed by atoms with van der Waals surface area (Å²) >= 11 is 0. The maximum absolute atomic E-state index is 12.3. The van der Waals surface area contributed by atoms with Gasteiger partial charge in [-0.05, 0) is 50.4 Å². The molecule has 0 spiro atoms. The fourth-order valence-corrected chi connectivity index (χ4v) is 5.23. The van der Waals surface area contributed by atoms with Crippen LogP contribution in [0.15, 0.2) is 60.7 Å². The van der Waals surface area contributed by atoms with Crippen molar-refractivity contribution in [2.24, 2.45) is 0 Å². The minimum Gasteiger partial charge on any atom is -0.397 e. The molecule has 2 rings (SSSR count). The summed E-state index contributed by atoms with van der Waals surface area (Å²) < 4.78 is 13.0. The Hall–Kier alpha value is -1.74. The van der Waals surface area contributed by atoms with Crippen LogP contribution in [-0.2, 0) is 26.5 Å². The molecule has 0 aromatic heterocycles. The van der Waals surface area contributed by atoms with Crippen LogP contribution in [0.2, 0.25) is 39.3 Å². The smallest absolute Gasteiger partial charge is 0.213 e. The van der Waals surface area contributed by atoms with Crippen LogP contribution in [0.5, 0.6) is 0 Å². The second kappa shape index (κ2) is 10.3. The molecular formula is C23H35NO3Si2. The molecule has 0 aliphatic heterocycles. The van der Waals surface area contributed by atoms with Crippen molar-refractivity contribution in [3.05, 3.63) is 71.8 Å². The fourth-order valence-electron chi connectivity index (χ4n) is 3.18. The molecule has 1 amide bonds. The van der Waals surface area contributed by atoms with E-state index >= 15 is 0 Å². The van der Waals surface area contributed by atoms with Gasteiger partial charge in [0.2, 0.25) is 6.41 Å². The number of carbonyl (C=O) groups excluding carboxylic acids is 1. The van der Waals surface area contributed by atoms with Gasteiger partial charge in [0.15, 0.2) is 16.6 Å². The number of rotatable bonds is 11. The van der Waals surface area contributed by atoms with Crippen molar-refractivity contribution in [1.82, 2.24) is 4.90 Å². The summed E-state index contributed by atoms with van der Waals surface area (Å²) in [7, 11) is -3.79. The lowest BCUT2D eigenvalue weighted by atomic mass is 10.1. The molecule has 0 aliphatic carbocycles. The van der Waals surface area contributed by atoms with Crippen molar-refractivity contribution in [2.45, 2.75) is 64.6 Å². The van der Waals surface area contributed by atoms with Crippen LogP contribution in [0.4, 0.5) is 0 Å². The quantitative estimate of drug-likeness (QED) is 0.277. The second-order valence-corrected chi connectivity index (χ2v) is 18.2. The molecular weight excluding hydrogens is 394 g/mol. The van der Waals surface area contributed by atoms with Gasteiger partial charge in [0.1, 0.15) is 12.5 Å². The molecule has 0 fully saturated rings. The minimum absolute atomic E-state index is 0.355. The van der Waals surface area contributed by atoms with E-state index in [-0.39, 0.29) is 12.5 Å². The Bertz CT molecular complexity index is 681. The maximum atomic E-state index is 12.3. The average Bonchev–Trinajstić information content (AvgIpc) is 2.61. The number of carbonyl (C=O) groups is 1. The first kappa shape index (κ1) is 23.5. The predicted octanol–water partition coefficient (Wildman–Crippen LogP) is 5.29. The van der Waals surface area contributed by atoms with Gasteiger partial charge in [-0.15, -0.1) is 0 Å². The van der Waals surface area contributed by atoms with Gasteiger partial charge in [-0.25, -0.2) is 0 Å². The Morgan fingerprint density at radius 2 is 1.07 bits per heavy atom. The highest BCUT2D eigenvalue weighted by Gasteiger charge is 2.33. The van der Waals surface area contributed by atoms with Gasteiger partial charge in [-0.1, -0.05) is 60.7 Å². The van der Waals surface area contributed by atoms with Gasteiger partial charge in [-0.3, -0.25) is 9.69 Å². The molecule has 2 unspecified atom stereocenters. The average molecular weight is 430 g/mol. The van der Waals surface area contributed by atoms with E-state index in [4.69, 9.17) is 8.85 Å². The predicted molar refractivity (Wildman–Crippen MR) is 125 cm³/mol. The summed E-state index contributed by atoms with van der Waals surface area (Å²) in [4.78, 5) is 14.1. The minimum atomic E-state index is -1.89. The second-order valence-electron chi connectivity index (χ2n) is 9.30. The normalized spacial score (nSPS) is 14.3. The first-order valence-corrected chi connectivity index (χ1v) is 17.1. The van der Waals surface area contributed by atoms with Crippen LogP contribution in [0.1, 0.15) is 11.1 Å². The van der Waals surface area contributed by atoms with Crippen LogP contribution in [-0.4, -0.2) is 40.4 Å². The van der Waals surface area contributed by atoms with Crippen LogP contribution in [0.25, 0.3) is 0 Å². The summed E-state index contributed by atoms with van der Waals surface area (Å²) in [6, 6.07) is 20.4. The Morgan fingerprint density at radius 1 is 0.724 bits per heavy atom. The van der Waals surface area contributed by atoms with Crippen molar-refractivity contribution in [3.63, 3.8) is 0 Å². The molecule has 0 radical (unpaired) electrons. The fraction of sp³-hybridized carbons (Fsp3) is 0.435. The SMILES string of the molecule is C[Si](C)(C)OC(Cc1ccccc1)N(C=O)C(Cc1ccccc1)O[Si](C)(C)C. The van der Waals surface area contributed by atoms with Gasteiger partial charge in [0, 0.05) is 12.8 Å². The number of hydrogen-bond donors (Lipinski definition) is 0. The third kappa shape index (κ3) is 8.66. The monoisotopic (exact) mass is 429 g/mol. The Morgan fingerprint density at radius 3 is 1.34 bits per heavy atom. The van der Waals surface area contributed by atoms with E-state index in [0.717, 1.165) is 17.5 Å². The zero-order valence-electron chi connectivity index (χ0n) is 18.6. The Balaban J connectivity index is 2.35. The lowest BCUT2D eigenvalue weighted by Crippen LogP contribution is -2.53. The lowest BCUT2D eigenvalue weighted by molar-refractivity contribution is -0.141. The van der Waals surface area contributed by atoms with Crippen LogP contribution >= 0.6 is 0 Å². The number of benzene rings is 2. The van der Waals surface area contributed by atoms with E-state index in [1.807, 2.05) is 36.4 Å². The van der Waals surface area contributed by atoms with Crippen LogP contribution in [0, 0.1) is 0 Å². The maximum Gasteiger partial charge on any atom is 0.213 e. The summed E-state index contributed by atoms with van der Waals surface area (Å²) in [6.45, 7) is 12.9. The first-order valence-electron chi connectivity index (χ1n) is 10.2. The number of amides is 1. The standard InChI is InChI=1S/C23H35NO3Si2/c1-28(2,3)26-22(17-20-13-9-7-10-14-20)24(19-25)23(27-29(4,5)6)18-21-15-11-8-12-16-21/h7-16,19,22-23H,17-18H2,1-6H3. The molecule has 2 aromatic carbocycles. The van der Waals surface area contributed by atoms with E-state index in [1.54, 1.807) is 4.90 Å². The highest BCUT2D eigenvalue weighted by atomic mass is 28.4. The van der Waals surface area contributed by atoms with Gasteiger partial charge in [0.25, 0.3) is 0 Å². The van der Waals surface area contributed by atoms with Gasteiger partial charge < -0.3 is 8.85 Å². The van der Waals surface area contributed by atoms with E-state index in [9.17, 15) is 4.79 Å². The van der Waals surface area contributed by atoms with Crippen molar-refractivity contribution >= 4 is 23.0 Å². The highest BCUT2D eigenvalue weighted by Crippen LogP contribution is 2.22. The molecule has 158 valence electrons. The van der Waals surface area contributed by atoms with Crippen molar-refractivity contribution in [2.75, 3.05) is 0 Å². The highest BCUT2D eigenvalue weighted by molar-refractivity contribution is 6.70. The largest absolute Gasteiger partial charge is 0.397 e. The van der Waals surface area contributed by atoms with E-state index in [2.05, 4.69) is 63.5 Å². The molecule has 29 heavy (non-hydrogen) atoms. The van der Waals surface area contributed by atoms with Gasteiger partial charge >= 0.3 is 0 Å². The zero-order valence-corrected chi connectivity index (χ0v) is 20.6. The Kier molecular flexibility index (Phi) is 8.39. The molecule has 2 atom stereocenters. The first-order chi connectivity index (χ1) is 13.6. The molecule has 0 heterocycles. The van der Waals surface area contributed by atoms with Crippen molar-refractivity contribution in [3.8, 4) is 0 Å². The van der Waals surface area contributed by atoms with Crippen molar-refractivity contribution < 1.29 is 13.6 Å². The van der Waals surface area contributed by atoms with Crippen LogP contribution in [0.3, 0.4) is 0 Å². The summed E-state index contributed by atoms with van der Waals surface area (Å²) in [5, 5.41) is 0. The third-order valence-electron chi connectivity index (χ3n) is 4.27. The molecule has 4 nitrogen and oxygen atoms in total. The number of hydrogen-bond acceptors (Lipinski definition) is 3. The molecule has 0 saturated carbocycles. The van der Waals surface area contributed by atoms with Crippen molar-refractivity contribution in [1.29, 1.82) is 0 Å². The lowest BCUT2D eigenvalue weighted by Gasteiger charge is -2.40. The summed E-state index contributed by atoms with van der Waals surface area (Å²) in [5.41, 5.74) is 2.29. The van der Waals surface area contributed by atoms with E-state index in [0.29, 0.717) is 12.8 Å². The summed E-state index contributed by atoms with van der Waals surface area (Å²) in [6.07, 6.45) is 1.48. The molecule has 0 N–H and O–H groups in total. The molecule has 0 saturated heterocycles. The summed E-state index contributed by atoms with van der Waals surface area (Å²) in [5.74, 6) is 0. The van der Waals surface area contributed by atoms with Gasteiger partial charge in [0.05, 0.1) is 0 Å². The third-order valence-corrected chi connectivity index (χ3v) is 6.23. The van der Waals surface area contributed by atoms with Crippen LogP contribution < -0.4 is 0 Å². The Labute approximate surface area is 178 Å². The topological polar surface area (TPSA) is 38.8 Å². The molecule has 6 heteroatoms. The number of nitrogens with zero attached hydrogens (tertiary/aromatic N) is 1. The van der Waals surface area contributed by atoms with E-state index < -0.39 is 16.6 Å². The zero-order chi connectivity index (χ0) is 21.5. The molecule has 2 aromatic rings. The van der Waals surface area contributed by atoms with Gasteiger partial charge in [-0.2, -0.15) is 0 Å².